The summed E-state index contributed by atoms with van der Waals surface area (Å²) in [7, 11) is 0. The molecule has 0 aliphatic carbocycles. The minimum atomic E-state index is -0.366. The summed E-state index contributed by atoms with van der Waals surface area (Å²) in [4.78, 5) is 24.0. The molecular formula is C126H139N5O9. The van der Waals surface area contributed by atoms with Crippen LogP contribution in [0.4, 0.5) is 86.3 Å². The third-order valence-electron chi connectivity index (χ3n) is 27.7. The molecule has 10 heterocycles. The van der Waals surface area contributed by atoms with E-state index in [0.717, 1.165) is 146 Å². The molecule has 0 saturated carbocycles. The number of carbonyl (C=O) groups excluding carboxylic acids is 1. The first kappa shape index (κ1) is 97.8. The Morgan fingerprint density at radius 1 is 0.257 bits per heavy atom. The van der Waals surface area contributed by atoms with Gasteiger partial charge >= 0.3 is 5.97 Å². The summed E-state index contributed by atoms with van der Waals surface area (Å²) < 4.78 is 49.2. The van der Waals surface area contributed by atoms with Gasteiger partial charge in [0.05, 0.1) is 67.8 Å². The third kappa shape index (κ3) is 19.4. The smallest absolute Gasteiger partial charge is 0.345 e. The van der Waals surface area contributed by atoms with Gasteiger partial charge in [0, 0.05) is 28.8 Å². The van der Waals surface area contributed by atoms with Gasteiger partial charge in [-0.15, -0.1) is 0 Å². The quantitative estimate of drug-likeness (QED) is 0.152. The van der Waals surface area contributed by atoms with Crippen LogP contribution in [0.25, 0.3) is 11.0 Å². The molecule has 140 heavy (non-hydrogen) atoms. The van der Waals surface area contributed by atoms with Crippen LogP contribution in [-0.4, -0.2) is 5.97 Å². The summed E-state index contributed by atoms with van der Waals surface area (Å²) in [6, 6.07) is 73.4. The number of hydrogen-bond donors (Lipinski definition) is 0. The van der Waals surface area contributed by atoms with Gasteiger partial charge in [0.15, 0.2) is 23.0 Å². The van der Waals surface area contributed by atoms with Crippen LogP contribution in [0.5, 0.6) is 23.0 Å². The van der Waals surface area contributed by atoms with Crippen LogP contribution in [-0.2, 0) is 54.0 Å². The SMILES string of the molecule is Cc1ccc2c(c1)C(=O)Oc1cc(C)oc1N2c1c(C)cc(C(C)(C)C)cc1C.Cc1ccc2c(c1)CCCc1cc(C)oc1N2c1c(C)cc(C(C)(C)C)cc1C.Cc1ccc2c(c1)CCc1cc(C)oc1N2c1c(C)cc(C(C)(C)C)cc1C.Cc1ccc2c(c1)COc1cc(C)oc1N2c1c(C)cc(C(C)(C)C)cc1C.Cc1ccc2c(c1)Oc1c(oc3ccc(C)cc13)N2c1ccccc1C. The van der Waals surface area contributed by atoms with Crippen LogP contribution < -0.4 is 38.7 Å². The number of fused-ring (bicyclic) bond motifs is 12. The summed E-state index contributed by atoms with van der Waals surface area (Å²) in [6.07, 6.45) is 5.34. The van der Waals surface area contributed by atoms with E-state index in [0.29, 0.717) is 29.6 Å². The molecule has 14 nitrogen and oxygen atoms in total. The molecule has 0 unspecified atom stereocenters. The highest BCUT2D eigenvalue weighted by molar-refractivity contribution is 6.03. The first-order valence-electron chi connectivity index (χ1n) is 49.6. The molecule has 0 atom stereocenters. The topological polar surface area (TPSA) is 127 Å². The van der Waals surface area contributed by atoms with Gasteiger partial charge in [0.2, 0.25) is 29.4 Å². The molecule has 0 fully saturated rings. The van der Waals surface area contributed by atoms with Crippen LogP contribution in [0.3, 0.4) is 0 Å². The number of anilines is 15. The summed E-state index contributed by atoms with van der Waals surface area (Å²) in [5.41, 5.74) is 43.2. The van der Waals surface area contributed by atoms with Gasteiger partial charge in [0.1, 0.15) is 35.2 Å². The maximum absolute atomic E-state index is 12.9. The lowest BCUT2D eigenvalue weighted by atomic mass is 9.84. The van der Waals surface area contributed by atoms with Crippen molar-refractivity contribution in [1.82, 2.24) is 0 Å². The van der Waals surface area contributed by atoms with Crippen LogP contribution >= 0.6 is 0 Å². The summed E-state index contributed by atoms with van der Waals surface area (Å²) in [5, 5.41) is 1.01. The average Bonchev–Trinajstić information content (AvgIpc) is 1.60. The average molecular weight is 1870 g/mol. The maximum atomic E-state index is 12.9. The summed E-state index contributed by atoms with van der Waals surface area (Å²) in [5.74, 6) is 10.0. The second-order valence-corrected chi connectivity index (χ2v) is 44.0. The van der Waals surface area contributed by atoms with E-state index in [4.69, 9.17) is 36.3 Å². The van der Waals surface area contributed by atoms with Crippen LogP contribution in [0.15, 0.2) is 228 Å². The summed E-state index contributed by atoms with van der Waals surface area (Å²) in [6.45, 7) is 67.8. The number of esters is 1. The normalized spacial score (nSPS) is 13.6. The van der Waals surface area contributed by atoms with E-state index < -0.39 is 0 Å². The zero-order chi connectivity index (χ0) is 100. The lowest BCUT2D eigenvalue weighted by Gasteiger charge is -2.32. The molecule has 0 N–H and O–H groups in total. The van der Waals surface area contributed by atoms with Crippen LogP contribution in [0, 0.1) is 132 Å². The zero-order valence-corrected chi connectivity index (χ0v) is 88.3. The van der Waals surface area contributed by atoms with Crippen molar-refractivity contribution in [2.75, 3.05) is 24.5 Å². The van der Waals surface area contributed by atoms with Crippen LogP contribution in [0.1, 0.15) is 256 Å². The maximum Gasteiger partial charge on any atom is 0.345 e. The molecule has 0 spiro atoms. The lowest BCUT2D eigenvalue weighted by molar-refractivity contribution is 0.0737. The monoisotopic (exact) mass is 1870 g/mol. The van der Waals surface area contributed by atoms with Gasteiger partial charge in [-0.3, -0.25) is 24.5 Å². The van der Waals surface area contributed by atoms with Crippen molar-refractivity contribution >= 4 is 103 Å². The molecule has 5 aliphatic rings. The van der Waals surface area contributed by atoms with Crippen molar-refractivity contribution in [2.45, 2.75) is 275 Å². The van der Waals surface area contributed by atoms with E-state index in [1.165, 1.54) is 145 Å². The van der Waals surface area contributed by atoms with Crippen molar-refractivity contribution in [3.8, 4) is 23.0 Å². The molecule has 16 aromatic rings. The van der Waals surface area contributed by atoms with Gasteiger partial charge in [-0.1, -0.05) is 232 Å². The highest BCUT2D eigenvalue weighted by Gasteiger charge is 2.39. The van der Waals surface area contributed by atoms with Gasteiger partial charge in [-0.05, 0) is 347 Å². The second kappa shape index (κ2) is 37.7. The molecule has 5 aromatic heterocycles. The molecule has 5 aliphatic heterocycles. The number of aryl methyl sites for hydroxylation is 23. The van der Waals surface area contributed by atoms with E-state index in [9.17, 15) is 4.79 Å². The number of benzene rings is 11. The summed E-state index contributed by atoms with van der Waals surface area (Å²) >= 11 is 0. The molecule has 0 bridgehead atoms. The first-order valence-corrected chi connectivity index (χ1v) is 49.6. The Bertz CT molecular complexity index is 7240. The van der Waals surface area contributed by atoms with Crippen LogP contribution in [0.2, 0.25) is 0 Å². The number of hydrogen-bond acceptors (Lipinski definition) is 14. The fourth-order valence-electron chi connectivity index (χ4n) is 20.5. The Morgan fingerprint density at radius 2 is 0.607 bits per heavy atom. The first-order chi connectivity index (χ1) is 66.1. The van der Waals surface area contributed by atoms with E-state index >= 15 is 0 Å². The number of rotatable bonds is 5. The highest BCUT2D eigenvalue weighted by atomic mass is 16.5. The van der Waals surface area contributed by atoms with Gasteiger partial charge in [-0.25, -0.2) is 4.79 Å². The Labute approximate surface area is 830 Å². The zero-order valence-electron chi connectivity index (χ0n) is 88.3. The fourth-order valence-corrected chi connectivity index (χ4v) is 20.5. The van der Waals surface area contributed by atoms with Crippen molar-refractivity contribution < 1.29 is 41.1 Å². The van der Waals surface area contributed by atoms with Crippen molar-refractivity contribution in [2.24, 2.45) is 0 Å². The predicted molar refractivity (Wildman–Crippen MR) is 578 cm³/mol. The van der Waals surface area contributed by atoms with Gasteiger partial charge < -0.3 is 36.3 Å². The Hall–Kier alpha value is -13.9. The minimum Gasteiger partial charge on any atom is -0.483 e. The molecule has 0 radical (unpaired) electrons. The standard InChI is InChI=1S/C27H33NO.C26H31NO.C25H27NO3.C25H29NO2.C23H19NO2/c1-17-11-12-24-21(13-17)9-8-10-22-16-20(4)29-26(22)28(24)25-18(2)14-23(15-19(25)3)27(5,6)7;1-16-8-11-23-20(12-16)9-10-21-15-19(4)28-25(21)27(23)24-17(2)13-22(14-18(24)3)26(5,6)7;1-14-8-9-20-19(10-14)24(27)29-21-13-17(4)28-23(21)26(20)22-15(2)11-18(12-16(22)3)25(5,6)7;1-15-8-9-21-19(10-15)14-27-22-13-18(4)28-24(22)26(21)23-16(2)11-20(12-17(23)3)25(5,6)7;1-14-9-11-20-17(12-14)22-23(26-20)24(18-7-5-4-6-16(18)3)19-10-8-15(2)13-21(19)25-22/h11-16H,8-10H2,1-7H3;8,11-15H,9-10H2,1-7H3;8-13H,1-7H3;8-13H,14H2,1-7H3;4-13H,1-3H3. The Balaban J connectivity index is 0.000000121. The predicted octanol–water partition coefficient (Wildman–Crippen LogP) is 36.1. The van der Waals surface area contributed by atoms with Gasteiger partial charge in [-0.2, -0.15) is 0 Å². The van der Waals surface area contributed by atoms with Crippen molar-refractivity contribution in [1.29, 1.82) is 0 Å². The minimum absolute atomic E-state index is 0.0490. The van der Waals surface area contributed by atoms with E-state index in [2.05, 4.69) is 376 Å². The molecule has 0 saturated heterocycles. The third-order valence-corrected chi connectivity index (χ3v) is 27.7. The number of carbonyl (C=O) groups is 1. The number of nitrogens with zero attached hydrogens (tertiary/aromatic N) is 5. The fraction of sp³-hybridized carbons (Fsp3) is 0.325. The van der Waals surface area contributed by atoms with Gasteiger partial charge in [0.25, 0.3) is 0 Å². The highest BCUT2D eigenvalue weighted by Crippen LogP contribution is 2.58. The van der Waals surface area contributed by atoms with E-state index in [1.807, 2.05) is 62.9 Å². The molecular weight excluding hydrogens is 1730 g/mol. The molecule has 21 rings (SSSR count). The Morgan fingerprint density at radius 3 is 1.08 bits per heavy atom. The van der Waals surface area contributed by atoms with Crippen molar-refractivity contribution in [3.05, 3.63) is 368 Å². The Kier molecular flexibility index (Phi) is 26.3. The second-order valence-electron chi connectivity index (χ2n) is 44.0. The number of ether oxygens (including phenoxy) is 3. The number of furan rings is 5. The molecule has 11 aromatic carbocycles. The number of para-hydroxylation sites is 1. The molecule has 722 valence electrons. The lowest BCUT2D eigenvalue weighted by Crippen LogP contribution is -2.19. The van der Waals surface area contributed by atoms with E-state index in [1.54, 1.807) is 6.07 Å². The molecule has 0 amide bonds. The van der Waals surface area contributed by atoms with E-state index in [-0.39, 0.29) is 27.6 Å². The largest absolute Gasteiger partial charge is 0.483 e. The molecule has 14 heteroatoms. The van der Waals surface area contributed by atoms with Crippen molar-refractivity contribution in [3.63, 3.8) is 0 Å².